The van der Waals surface area contributed by atoms with E-state index in [2.05, 4.69) is 14.9 Å². The summed E-state index contributed by atoms with van der Waals surface area (Å²) in [5.74, 6) is -0.0300. The van der Waals surface area contributed by atoms with Gasteiger partial charge in [-0.1, -0.05) is 0 Å². The number of aliphatic hydroxyl groups is 1. The molecule has 21 heavy (non-hydrogen) atoms. The van der Waals surface area contributed by atoms with Crippen LogP contribution < -0.4 is 0 Å². The van der Waals surface area contributed by atoms with E-state index < -0.39 is 15.6 Å². The van der Waals surface area contributed by atoms with Gasteiger partial charge in [0, 0.05) is 50.5 Å². The summed E-state index contributed by atoms with van der Waals surface area (Å²) in [5.41, 5.74) is 0.322. The maximum Gasteiger partial charge on any atom is 0.211 e. The zero-order chi connectivity index (χ0) is 15.1. The fraction of sp³-hybridized carbons (Fsp3) is 0.769. The van der Waals surface area contributed by atoms with Crippen LogP contribution in [-0.4, -0.2) is 70.7 Å². The summed E-state index contributed by atoms with van der Waals surface area (Å²) in [5, 5.41) is 10.8. The van der Waals surface area contributed by atoms with Crippen molar-refractivity contribution < 1.29 is 13.5 Å². The molecule has 0 unspecified atom stereocenters. The van der Waals surface area contributed by atoms with Gasteiger partial charge >= 0.3 is 0 Å². The number of nitrogens with one attached hydrogen (secondary N) is 1. The molecule has 1 aromatic rings. The zero-order valence-electron chi connectivity index (χ0n) is 12.2. The summed E-state index contributed by atoms with van der Waals surface area (Å²) >= 11 is 0. The number of H-pyrrole nitrogens is 1. The Morgan fingerprint density at radius 3 is 2.86 bits per heavy atom. The minimum Gasteiger partial charge on any atom is -0.389 e. The summed E-state index contributed by atoms with van der Waals surface area (Å²) in [4.78, 5) is 9.33. The molecule has 118 valence electrons. The van der Waals surface area contributed by atoms with Crippen LogP contribution >= 0.6 is 0 Å². The number of imidazole rings is 1. The van der Waals surface area contributed by atoms with E-state index in [4.69, 9.17) is 0 Å². The van der Waals surface area contributed by atoms with E-state index in [0.717, 1.165) is 18.8 Å². The molecule has 2 aliphatic rings. The van der Waals surface area contributed by atoms with Gasteiger partial charge < -0.3 is 10.1 Å². The van der Waals surface area contributed by atoms with Gasteiger partial charge in [0.05, 0.1) is 18.2 Å². The molecule has 2 N–H and O–H groups in total. The molecular formula is C13H22N4O3S. The number of likely N-dealkylation sites (tertiary alicyclic amines) is 1. The van der Waals surface area contributed by atoms with Crippen molar-refractivity contribution in [2.45, 2.75) is 25.0 Å². The van der Waals surface area contributed by atoms with Gasteiger partial charge in [0.15, 0.2) is 0 Å². The first-order valence-electron chi connectivity index (χ1n) is 7.24. The quantitative estimate of drug-likeness (QED) is 0.794. The number of rotatable bonds is 3. The number of piperidine rings is 2. The Bertz CT molecular complexity index is 589. The minimum atomic E-state index is -3.18. The average Bonchev–Trinajstić information content (AvgIpc) is 2.90. The Morgan fingerprint density at radius 1 is 1.43 bits per heavy atom. The summed E-state index contributed by atoms with van der Waals surface area (Å²) < 4.78 is 24.9. The van der Waals surface area contributed by atoms with Gasteiger partial charge in [-0.2, -0.15) is 0 Å². The van der Waals surface area contributed by atoms with Crippen molar-refractivity contribution in [2.75, 3.05) is 32.4 Å². The maximum absolute atomic E-state index is 11.7. The normalized spacial score (nSPS) is 32.0. The second-order valence-corrected chi connectivity index (χ2v) is 8.22. The second-order valence-electron chi connectivity index (χ2n) is 6.23. The molecule has 3 heterocycles. The van der Waals surface area contributed by atoms with Crippen molar-refractivity contribution in [3.8, 4) is 0 Å². The first-order chi connectivity index (χ1) is 9.87. The van der Waals surface area contributed by atoms with Gasteiger partial charge in [0.1, 0.15) is 0 Å². The lowest BCUT2D eigenvalue weighted by atomic mass is 9.76. The van der Waals surface area contributed by atoms with Crippen molar-refractivity contribution in [1.82, 2.24) is 19.2 Å². The molecule has 1 aromatic heterocycles. The number of aromatic nitrogens is 2. The van der Waals surface area contributed by atoms with E-state index in [9.17, 15) is 13.5 Å². The smallest absolute Gasteiger partial charge is 0.211 e. The summed E-state index contributed by atoms with van der Waals surface area (Å²) in [7, 11) is -3.18. The molecular weight excluding hydrogens is 292 g/mol. The lowest BCUT2D eigenvalue weighted by molar-refractivity contribution is -0.103. The number of hydrogen-bond donors (Lipinski definition) is 2. The Morgan fingerprint density at radius 2 is 2.19 bits per heavy atom. The van der Waals surface area contributed by atoms with Crippen LogP contribution in [0.4, 0.5) is 0 Å². The minimum absolute atomic E-state index is 0.0300. The van der Waals surface area contributed by atoms with Crippen molar-refractivity contribution >= 4 is 10.0 Å². The number of hydrogen-bond acceptors (Lipinski definition) is 5. The lowest BCUT2D eigenvalue weighted by Gasteiger charge is -2.49. The third kappa shape index (κ3) is 3.13. The highest BCUT2D eigenvalue weighted by molar-refractivity contribution is 7.88. The molecule has 3 rings (SSSR count). The third-order valence-electron chi connectivity index (χ3n) is 4.74. The molecule has 0 aromatic carbocycles. The zero-order valence-corrected chi connectivity index (χ0v) is 13.0. The van der Waals surface area contributed by atoms with E-state index in [-0.39, 0.29) is 5.92 Å². The lowest BCUT2D eigenvalue weighted by Crippen LogP contribution is -2.60. The van der Waals surface area contributed by atoms with Gasteiger partial charge in [0.2, 0.25) is 10.0 Å². The van der Waals surface area contributed by atoms with E-state index >= 15 is 0 Å². The van der Waals surface area contributed by atoms with Crippen molar-refractivity contribution in [3.05, 3.63) is 18.2 Å². The summed E-state index contributed by atoms with van der Waals surface area (Å²) in [6.07, 6.45) is 5.92. The molecule has 0 saturated carbocycles. The monoisotopic (exact) mass is 314 g/mol. The fourth-order valence-corrected chi connectivity index (χ4v) is 4.27. The topological polar surface area (TPSA) is 89.5 Å². The Hall–Kier alpha value is -0.960. The van der Waals surface area contributed by atoms with Crippen LogP contribution in [0.15, 0.2) is 12.5 Å². The number of fused-ring (bicyclic) bond motifs is 1. The van der Waals surface area contributed by atoms with Crippen LogP contribution in [0.2, 0.25) is 0 Å². The molecule has 2 atom stereocenters. The van der Waals surface area contributed by atoms with Gasteiger partial charge in [-0.3, -0.25) is 4.90 Å². The van der Waals surface area contributed by atoms with Crippen molar-refractivity contribution in [3.63, 3.8) is 0 Å². The van der Waals surface area contributed by atoms with Crippen molar-refractivity contribution in [1.29, 1.82) is 0 Å². The number of nitrogens with zero attached hydrogens (tertiary/aromatic N) is 3. The molecule has 0 aliphatic carbocycles. The Balaban J connectivity index is 1.69. The molecule has 2 saturated heterocycles. The van der Waals surface area contributed by atoms with Crippen LogP contribution in [0.1, 0.15) is 18.5 Å². The highest BCUT2D eigenvalue weighted by Crippen LogP contribution is 2.36. The molecule has 0 radical (unpaired) electrons. The van der Waals surface area contributed by atoms with Crippen LogP contribution in [-0.2, 0) is 16.6 Å². The SMILES string of the molecule is CS(=O)(=O)N1CC[C@@]2(O)CCN(Cc3cnc[nH]3)C[C@H]2C1. The Kier molecular flexibility index (Phi) is 3.81. The Labute approximate surface area is 125 Å². The van der Waals surface area contributed by atoms with Crippen LogP contribution in [0.5, 0.6) is 0 Å². The van der Waals surface area contributed by atoms with E-state index in [0.29, 0.717) is 32.5 Å². The number of sulfonamides is 1. The highest BCUT2D eigenvalue weighted by Gasteiger charge is 2.46. The standard InChI is InChI=1S/C13H22N4O3S/c1-21(19,20)17-5-3-13(18)2-4-16(7-11(13)8-17)9-12-6-14-10-15-12/h6,10-11,18H,2-5,7-9H2,1H3,(H,14,15)/t11-,13-/m0/s1. The molecule has 0 bridgehead atoms. The van der Waals surface area contributed by atoms with Crippen LogP contribution in [0, 0.1) is 5.92 Å². The number of aromatic amines is 1. The molecule has 8 heteroatoms. The molecule has 7 nitrogen and oxygen atoms in total. The molecule has 0 amide bonds. The molecule has 0 spiro atoms. The van der Waals surface area contributed by atoms with E-state index in [1.165, 1.54) is 10.6 Å². The first kappa shape index (κ1) is 15.0. The van der Waals surface area contributed by atoms with E-state index in [1.807, 2.05) is 0 Å². The van der Waals surface area contributed by atoms with E-state index in [1.54, 1.807) is 12.5 Å². The largest absolute Gasteiger partial charge is 0.389 e. The van der Waals surface area contributed by atoms with Crippen molar-refractivity contribution in [2.24, 2.45) is 5.92 Å². The molecule has 2 aliphatic heterocycles. The summed E-state index contributed by atoms with van der Waals surface area (Å²) in [6, 6.07) is 0. The van der Waals surface area contributed by atoms with Gasteiger partial charge in [-0.05, 0) is 12.8 Å². The van der Waals surface area contributed by atoms with Gasteiger partial charge in [-0.15, -0.1) is 0 Å². The van der Waals surface area contributed by atoms with Gasteiger partial charge in [-0.25, -0.2) is 17.7 Å². The first-order valence-corrected chi connectivity index (χ1v) is 9.09. The highest BCUT2D eigenvalue weighted by atomic mass is 32.2. The van der Waals surface area contributed by atoms with Crippen LogP contribution in [0.3, 0.4) is 0 Å². The van der Waals surface area contributed by atoms with Gasteiger partial charge in [0.25, 0.3) is 0 Å². The molecule has 2 fully saturated rings. The average molecular weight is 314 g/mol. The fourth-order valence-electron chi connectivity index (χ4n) is 3.40. The summed E-state index contributed by atoms with van der Waals surface area (Å²) in [6.45, 7) is 3.12. The maximum atomic E-state index is 11.7. The second kappa shape index (κ2) is 5.35. The predicted molar refractivity (Wildman–Crippen MR) is 78.0 cm³/mol. The predicted octanol–water partition coefficient (Wildman–Crippen LogP) is -0.372. The van der Waals surface area contributed by atoms with Crippen LogP contribution in [0.25, 0.3) is 0 Å². The third-order valence-corrected chi connectivity index (χ3v) is 6.01.